The van der Waals surface area contributed by atoms with Gasteiger partial charge in [-0.25, -0.2) is 0 Å². The summed E-state index contributed by atoms with van der Waals surface area (Å²) in [6.45, 7) is 0.222. The van der Waals surface area contributed by atoms with Crippen LogP contribution in [-0.4, -0.2) is 37.3 Å². The zero-order valence-electron chi connectivity index (χ0n) is 16.4. The third-order valence-corrected chi connectivity index (χ3v) is 5.19. The lowest BCUT2D eigenvalue weighted by atomic mass is 10.1. The van der Waals surface area contributed by atoms with Crippen LogP contribution in [0.5, 0.6) is 11.5 Å². The highest BCUT2D eigenvalue weighted by Gasteiger charge is 2.36. The molecular formula is C22H20N2O6. The Morgan fingerprint density at radius 1 is 0.900 bits per heavy atom. The van der Waals surface area contributed by atoms with E-state index in [1.165, 1.54) is 12.1 Å². The molecule has 0 bridgehead atoms. The Morgan fingerprint density at radius 3 is 2.27 bits per heavy atom. The molecule has 0 aliphatic carbocycles. The molecule has 2 aromatic carbocycles. The van der Waals surface area contributed by atoms with Crippen molar-refractivity contribution in [1.82, 2.24) is 0 Å². The lowest BCUT2D eigenvalue weighted by Crippen LogP contribution is -2.28. The normalized spacial score (nSPS) is 18.8. The Labute approximate surface area is 173 Å². The van der Waals surface area contributed by atoms with Gasteiger partial charge in [-0.3, -0.25) is 24.1 Å². The molecule has 0 spiro atoms. The molecule has 4 rings (SSSR count). The minimum absolute atomic E-state index is 0.0604. The van der Waals surface area contributed by atoms with Crippen LogP contribution in [0.2, 0.25) is 0 Å². The number of carbonyl (C=O) groups excluding carboxylic acids is 4. The Balaban J connectivity index is 1.41. The molecule has 0 radical (unpaired) electrons. The number of carbonyl (C=O) groups is 4. The molecule has 154 valence electrons. The largest absolute Gasteiger partial charge is 0.497 e. The van der Waals surface area contributed by atoms with Gasteiger partial charge in [0, 0.05) is 37.6 Å². The summed E-state index contributed by atoms with van der Waals surface area (Å²) in [5.41, 5.74) is 1.11. The first-order valence-corrected chi connectivity index (χ1v) is 9.58. The van der Waals surface area contributed by atoms with Crippen LogP contribution in [0.1, 0.15) is 19.3 Å². The van der Waals surface area contributed by atoms with Crippen LogP contribution in [0, 0.1) is 5.92 Å². The van der Waals surface area contributed by atoms with E-state index in [0.29, 0.717) is 17.1 Å². The second kappa shape index (κ2) is 7.98. The number of esters is 1. The van der Waals surface area contributed by atoms with Crippen molar-refractivity contribution < 1.29 is 28.7 Å². The summed E-state index contributed by atoms with van der Waals surface area (Å²) in [5.74, 6) is -0.832. The molecule has 2 aliphatic rings. The molecule has 2 heterocycles. The Hall–Kier alpha value is -3.68. The Morgan fingerprint density at radius 2 is 1.60 bits per heavy atom. The van der Waals surface area contributed by atoms with Crippen molar-refractivity contribution >= 4 is 35.1 Å². The first kappa shape index (κ1) is 19.6. The molecule has 2 saturated heterocycles. The number of nitrogens with zero attached hydrogens (tertiary/aromatic N) is 2. The molecule has 0 N–H and O–H groups in total. The minimum Gasteiger partial charge on any atom is -0.497 e. The van der Waals surface area contributed by atoms with Crippen LogP contribution in [0.15, 0.2) is 48.5 Å². The first-order valence-electron chi connectivity index (χ1n) is 9.58. The van der Waals surface area contributed by atoms with Gasteiger partial charge in [0.1, 0.15) is 11.5 Å². The monoisotopic (exact) mass is 408 g/mol. The zero-order chi connectivity index (χ0) is 21.3. The van der Waals surface area contributed by atoms with Gasteiger partial charge < -0.3 is 14.4 Å². The lowest BCUT2D eigenvalue weighted by Gasteiger charge is -2.17. The van der Waals surface area contributed by atoms with Crippen molar-refractivity contribution in [2.24, 2.45) is 5.92 Å². The van der Waals surface area contributed by atoms with Gasteiger partial charge >= 0.3 is 5.97 Å². The fourth-order valence-electron chi connectivity index (χ4n) is 3.62. The lowest BCUT2D eigenvalue weighted by molar-refractivity contribution is -0.139. The van der Waals surface area contributed by atoms with E-state index in [1.807, 2.05) is 0 Å². The van der Waals surface area contributed by atoms with E-state index in [1.54, 1.807) is 48.4 Å². The number of imide groups is 1. The fourth-order valence-corrected chi connectivity index (χ4v) is 3.62. The smallest absolute Gasteiger partial charge is 0.316 e. The molecule has 0 unspecified atom stereocenters. The van der Waals surface area contributed by atoms with Gasteiger partial charge in [-0.05, 0) is 36.4 Å². The quantitative estimate of drug-likeness (QED) is 0.428. The summed E-state index contributed by atoms with van der Waals surface area (Å²) in [6.07, 6.45) is 0.467. The van der Waals surface area contributed by atoms with Gasteiger partial charge in [-0.2, -0.15) is 0 Å². The van der Waals surface area contributed by atoms with Crippen LogP contribution >= 0.6 is 0 Å². The highest BCUT2D eigenvalue weighted by molar-refractivity contribution is 6.19. The molecule has 8 heteroatoms. The molecule has 2 aliphatic heterocycles. The number of anilines is 2. The van der Waals surface area contributed by atoms with Gasteiger partial charge in [0.05, 0.1) is 18.7 Å². The van der Waals surface area contributed by atoms with Gasteiger partial charge in [0.15, 0.2) is 0 Å². The van der Waals surface area contributed by atoms with Crippen molar-refractivity contribution in [1.29, 1.82) is 0 Å². The highest BCUT2D eigenvalue weighted by Crippen LogP contribution is 2.30. The summed E-state index contributed by atoms with van der Waals surface area (Å²) < 4.78 is 10.6. The molecule has 3 amide bonds. The SMILES string of the molecule is COc1cccc(N2C[C@H](C(=O)Oc3ccc(N4C(=O)CCC4=O)cc3)CC2=O)c1. The Bertz CT molecular complexity index is 1000. The summed E-state index contributed by atoms with van der Waals surface area (Å²) in [7, 11) is 1.55. The molecule has 2 aromatic rings. The van der Waals surface area contributed by atoms with Crippen LogP contribution in [-0.2, 0) is 19.2 Å². The number of hydrogen-bond acceptors (Lipinski definition) is 6. The fraction of sp³-hybridized carbons (Fsp3) is 0.273. The molecule has 0 aromatic heterocycles. The second-order valence-electron chi connectivity index (χ2n) is 7.14. The molecule has 0 saturated carbocycles. The minimum atomic E-state index is -0.592. The van der Waals surface area contributed by atoms with Crippen molar-refractivity contribution in [3.63, 3.8) is 0 Å². The summed E-state index contributed by atoms with van der Waals surface area (Å²) >= 11 is 0. The van der Waals surface area contributed by atoms with Crippen molar-refractivity contribution in [2.75, 3.05) is 23.5 Å². The molecule has 2 fully saturated rings. The summed E-state index contributed by atoms with van der Waals surface area (Å²) in [4.78, 5) is 51.3. The van der Waals surface area contributed by atoms with Crippen LogP contribution < -0.4 is 19.3 Å². The molecule has 8 nitrogen and oxygen atoms in total. The number of hydrogen-bond donors (Lipinski definition) is 0. The second-order valence-corrected chi connectivity index (χ2v) is 7.14. The molecule has 1 atom stereocenters. The molecule has 30 heavy (non-hydrogen) atoms. The summed E-state index contributed by atoms with van der Waals surface area (Å²) in [5, 5.41) is 0. The number of amides is 3. The average Bonchev–Trinajstić information content (AvgIpc) is 3.31. The van der Waals surface area contributed by atoms with Gasteiger partial charge in [0.25, 0.3) is 0 Å². The average molecular weight is 408 g/mol. The number of methoxy groups -OCH3 is 1. The maximum Gasteiger partial charge on any atom is 0.316 e. The Kier molecular flexibility index (Phi) is 5.22. The van der Waals surface area contributed by atoms with E-state index in [9.17, 15) is 19.2 Å². The first-order chi connectivity index (χ1) is 14.5. The maximum atomic E-state index is 12.6. The van der Waals surface area contributed by atoms with Crippen LogP contribution in [0.25, 0.3) is 0 Å². The third-order valence-electron chi connectivity index (χ3n) is 5.19. The van der Waals surface area contributed by atoms with E-state index in [2.05, 4.69) is 0 Å². The van der Waals surface area contributed by atoms with Crippen molar-refractivity contribution in [3.8, 4) is 11.5 Å². The van der Waals surface area contributed by atoms with E-state index < -0.39 is 11.9 Å². The number of benzene rings is 2. The van der Waals surface area contributed by atoms with E-state index in [-0.39, 0.29) is 49.3 Å². The van der Waals surface area contributed by atoms with Gasteiger partial charge in [-0.15, -0.1) is 0 Å². The summed E-state index contributed by atoms with van der Waals surface area (Å²) in [6, 6.07) is 13.3. The van der Waals surface area contributed by atoms with Crippen LogP contribution in [0.3, 0.4) is 0 Å². The highest BCUT2D eigenvalue weighted by atomic mass is 16.5. The standard InChI is InChI=1S/C22H20N2O6/c1-29-18-4-2-3-16(12-18)23-13-14(11-21(23)27)22(28)30-17-7-5-15(6-8-17)24-19(25)9-10-20(24)26/h2-8,12,14H,9-11,13H2,1H3/t14-/m1/s1. The number of ether oxygens (including phenoxy) is 2. The van der Waals surface area contributed by atoms with Crippen molar-refractivity contribution in [2.45, 2.75) is 19.3 Å². The topological polar surface area (TPSA) is 93.2 Å². The van der Waals surface area contributed by atoms with E-state index >= 15 is 0 Å². The van der Waals surface area contributed by atoms with Crippen molar-refractivity contribution in [3.05, 3.63) is 48.5 Å². The van der Waals surface area contributed by atoms with E-state index in [0.717, 1.165) is 4.90 Å². The maximum absolute atomic E-state index is 12.6. The number of rotatable bonds is 5. The zero-order valence-corrected chi connectivity index (χ0v) is 16.4. The van der Waals surface area contributed by atoms with Gasteiger partial charge in [0.2, 0.25) is 17.7 Å². The molecular weight excluding hydrogens is 388 g/mol. The predicted molar refractivity (Wildman–Crippen MR) is 107 cm³/mol. The van der Waals surface area contributed by atoms with Gasteiger partial charge in [-0.1, -0.05) is 6.07 Å². The van der Waals surface area contributed by atoms with E-state index in [4.69, 9.17) is 9.47 Å². The predicted octanol–water partition coefficient (Wildman–Crippen LogP) is 2.31. The van der Waals surface area contributed by atoms with Crippen LogP contribution in [0.4, 0.5) is 11.4 Å². The third kappa shape index (κ3) is 3.76.